The third kappa shape index (κ3) is 3.30. The quantitative estimate of drug-likeness (QED) is 0.814. The molecule has 1 aliphatic rings. The average molecular weight is 373 g/mol. The molecule has 0 spiro atoms. The van der Waals surface area contributed by atoms with E-state index in [1.165, 1.54) is 26.4 Å². The van der Waals surface area contributed by atoms with Crippen LogP contribution in [0.2, 0.25) is 0 Å². The minimum atomic E-state index is -3.85. The highest BCUT2D eigenvalue weighted by Gasteiger charge is 2.30. The Kier molecular flexibility index (Phi) is 4.73. The zero-order valence-corrected chi connectivity index (χ0v) is 15.5. The second-order valence-electron chi connectivity index (χ2n) is 5.96. The van der Waals surface area contributed by atoms with E-state index in [2.05, 4.69) is 4.72 Å². The molecule has 0 unspecified atom stereocenters. The molecule has 0 aliphatic heterocycles. The minimum Gasteiger partial charge on any atom is -0.497 e. The molecule has 0 atom stereocenters. The fourth-order valence-corrected chi connectivity index (χ4v) is 3.95. The Balaban J connectivity index is 2.07. The molecule has 26 heavy (non-hydrogen) atoms. The molecule has 2 aromatic rings. The van der Waals surface area contributed by atoms with E-state index in [0.717, 1.165) is 11.1 Å². The normalized spacial score (nSPS) is 13.3. The van der Waals surface area contributed by atoms with Crippen molar-refractivity contribution < 1.29 is 22.7 Å². The summed E-state index contributed by atoms with van der Waals surface area (Å²) < 4.78 is 38.2. The van der Waals surface area contributed by atoms with Gasteiger partial charge in [-0.1, -0.05) is 23.8 Å². The Bertz CT molecular complexity index is 991. The summed E-state index contributed by atoms with van der Waals surface area (Å²) in [6.45, 7) is 1.88. The number of fused-ring (bicyclic) bond motifs is 1. The van der Waals surface area contributed by atoms with E-state index in [4.69, 9.17) is 9.47 Å². The van der Waals surface area contributed by atoms with E-state index in [0.29, 0.717) is 11.3 Å². The number of esters is 1. The largest absolute Gasteiger partial charge is 0.497 e. The van der Waals surface area contributed by atoms with Gasteiger partial charge in [0.2, 0.25) is 0 Å². The van der Waals surface area contributed by atoms with Gasteiger partial charge in [0.05, 0.1) is 30.4 Å². The van der Waals surface area contributed by atoms with Gasteiger partial charge >= 0.3 is 5.97 Å². The first-order valence-electron chi connectivity index (χ1n) is 7.94. The second-order valence-corrected chi connectivity index (χ2v) is 7.65. The van der Waals surface area contributed by atoms with E-state index < -0.39 is 16.0 Å². The van der Waals surface area contributed by atoms with Gasteiger partial charge in [-0.2, -0.15) is 0 Å². The lowest BCUT2D eigenvalue weighted by molar-refractivity contribution is -0.136. The lowest BCUT2D eigenvalue weighted by atomic mass is 10.1. The topological polar surface area (TPSA) is 81.7 Å². The van der Waals surface area contributed by atoms with E-state index in [9.17, 15) is 13.2 Å². The summed E-state index contributed by atoms with van der Waals surface area (Å²) in [6, 6.07) is 11.8. The molecule has 0 heterocycles. The van der Waals surface area contributed by atoms with Crippen molar-refractivity contribution in [3.8, 4) is 5.75 Å². The highest BCUT2D eigenvalue weighted by Crippen LogP contribution is 2.35. The van der Waals surface area contributed by atoms with Crippen LogP contribution in [-0.2, 0) is 26.0 Å². The molecule has 136 valence electrons. The maximum absolute atomic E-state index is 12.8. The first-order chi connectivity index (χ1) is 12.4. The summed E-state index contributed by atoms with van der Waals surface area (Å²) in [6.07, 6.45) is 0.289. The number of rotatable bonds is 5. The van der Waals surface area contributed by atoms with Crippen molar-refractivity contribution in [1.82, 2.24) is 4.72 Å². The average Bonchev–Trinajstić information content (AvgIpc) is 2.98. The third-order valence-corrected chi connectivity index (χ3v) is 5.62. The van der Waals surface area contributed by atoms with Crippen LogP contribution >= 0.6 is 0 Å². The molecule has 0 fully saturated rings. The lowest BCUT2D eigenvalue weighted by Crippen LogP contribution is -2.24. The van der Waals surface area contributed by atoms with Crippen molar-refractivity contribution in [2.24, 2.45) is 0 Å². The van der Waals surface area contributed by atoms with Crippen molar-refractivity contribution in [3.05, 3.63) is 64.7 Å². The number of aryl methyl sites for hydroxylation is 1. The summed E-state index contributed by atoms with van der Waals surface area (Å²) >= 11 is 0. The molecule has 0 saturated carbocycles. The van der Waals surface area contributed by atoms with Crippen LogP contribution in [0.25, 0.3) is 5.70 Å². The van der Waals surface area contributed by atoms with Crippen molar-refractivity contribution in [2.75, 3.05) is 14.2 Å². The Morgan fingerprint density at radius 1 is 1.08 bits per heavy atom. The number of carbonyl (C=O) groups excluding carboxylic acids is 1. The summed E-state index contributed by atoms with van der Waals surface area (Å²) in [7, 11) is -1.06. The summed E-state index contributed by atoms with van der Waals surface area (Å²) in [5.41, 5.74) is 2.89. The van der Waals surface area contributed by atoms with Gasteiger partial charge in [-0.25, -0.2) is 13.2 Å². The van der Waals surface area contributed by atoms with Gasteiger partial charge in [0.15, 0.2) is 0 Å². The second kappa shape index (κ2) is 6.84. The van der Waals surface area contributed by atoms with Crippen LogP contribution in [0.3, 0.4) is 0 Å². The molecule has 3 rings (SSSR count). The Morgan fingerprint density at radius 3 is 2.38 bits per heavy atom. The molecule has 0 amide bonds. The molecule has 0 radical (unpaired) electrons. The summed E-state index contributed by atoms with van der Waals surface area (Å²) in [5.74, 6) is 0.00340. The zero-order chi connectivity index (χ0) is 18.9. The van der Waals surface area contributed by atoms with Crippen LogP contribution < -0.4 is 9.46 Å². The number of ether oxygens (including phenoxy) is 2. The monoisotopic (exact) mass is 373 g/mol. The number of carbonyl (C=O) groups is 1. The van der Waals surface area contributed by atoms with Crippen molar-refractivity contribution in [3.63, 3.8) is 0 Å². The number of hydrogen-bond acceptors (Lipinski definition) is 5. The number of methoxy groups -OCH3 is 2. The van der Waals surface area contributed by atoms with Crippen molar-refractivity contribution in [2.45, 2.75) is 18.2 Å². The maximum Gasteiger partial charge on any atom is 0.336 e. The van der Waals surface area contributed by atoms with Crippen LogP contribution in [0.5, 0.6) is 5.75 Å². The fourth-order valence-electron chi connectivity index (χ4n) is 2.84. The molecule has 2 aromatic carbocycles. The molecule has 1 N–H and O–H groups in total. The number of hydrogen-bond donors (Lipinski definition) is 1. The maximum atomic E-state index is 12.8. The standard InChI is InChI=1S/C19H19NO5S/c1-12-4-8-15(9-5-12)26(22,23)20-18-16-11-14(24-2)7-6-13(16)10-17(18)19(21)25-3/h4-9,11,20H,10H2,1-3H3. The smallest absolute Gasteiger partial charge is 0.336 e. The molecule has 6 nitrogen and oxygen atoms in total. The zero-order valence-electron chi connectivity index (χ0n) is 14.7. The van der Waals surface area contributed by atoms with Crippen LogP contribution in [-0.4, -0.2) is 28.6 Å². The highest BCUT2D eigenvalue weighted by molar-refractivity contribution is 7.89. The third-order valence-electron chi connectivity index (χ3n) is 4.25. The van der Waals surface area contributed by atoms with Gasteiger partial charge in [0, 0.05) is 12.0 Å². The summed E-state index contributed by atoms with van der Waals surface area (Å²) in [5, 5.41) is 0. The van der Waals surface area contributed by atoms with E-state index in [1.54, 1.807) is 24.3 Å². The van der Waals surface area contributed by atoms with Gasteiger partial charge in [-0.3, -0.25) is 4.72 Å². The van der Waals surface area contributed by atoms with Gasteiger partial charge in [0.25, 0.3) is 10.0 Å². The SMILES string of the molecule is COC(=O)C1=C(NS(=O)(=O)c2ccc(C)cc2)c2cc(OC)ccc2C1. The van der Waals surface area contributed by atoms with Gasteiger partial charge < -0.3 is 9.47 Å². The van der Waals surface area contributed by atoms with E-state index >= 15 is 0 Å². The van der Waals surface area contributed by atoms with Crippen molar-refractivity contribution >= 4 is 21.7 Å². The number of sulfonamides is 1. The van der Waals surface area contributed by atoms with Gasteiger partial charge in [-0.15, -0.1) is 0 Å². The Hall–Kier alpha value is -2.80. The van der Waals surface area contributed by atoms with Crippen molar-refractivity contribution in [1.29, 1.82) is 0 Å². The first kappa shape index (κ1) is 18.0. The molecular weight excluding hydrogens is 354 g/mol. The summed E-state index contributed by atoms with van der Waals surface area (Å²) in [4.78, 5) is 12.3. The predicted molar refractivity (Wildman–Crippen MR) is 97.1 cm³/mol. The van der Waals surface area contributed by atoms with Crippen LogP contribution in [0.1, 0.15) is 16.7 Å². The minimum absolute atomic E-state index is 0.121. The predicted octanol–water partition coefficient (Wildman–Crippen LogP) is 2.42. The molecular formula is C19H19NO5S. The van der Waals surface area contributed by atoms with Gasteiger partial charge in [0.1, 0.15) is 5.75 Å². The van der Waals surface area contributed by atoms with Crippen LogP contribution in [0.15, 0.2) is 52.9 Å². The number of benzene rings is 2. The van der Waals surface area contributed by atoms with E-state index in [1.807, 2.05) is 13.0 Å². The molecule has 7 heteroatoms. The molecule has 0 aromatic heterocycles. The number of nitrogens with one attached hydrogen (secondary N) is 1. The van der Waals surface area contributed by atoms with Crippen LogP contribution in [0.4, 0.5) is 0 Å². The Labute approximate surface area is 152 Å². The lowest BCUT2D eigenvalue weighted by Gasteiger charge is -2.13. The highest BCUT2D eigenvalue weighted by atomic mass is 32.2. The van der Waals surface area contributed by atoms with Gasteiger partial charge in [-0.05, 0) is 36.8 Å². The van der Waals surface area contributed by atoms with Crippen LogP contribution in [0, 0.1) is 6.92 Å². The molecule has 1 aliphatic carbocycles. The van der Waals surface area contributed by atoms with E-state index in [-0.39, 0.29) is 22.6 Å². The Morgan fingerprint density at radius 2 is 1.77 bits per heavy atom. The molecule has 0 bridgehead atoms. The first-order valence-corrected chi connectivity index (χ1v) is 9.42. The fraction of sp³-hybridized carbons (Fsp3) is 0.211. The molecule has 0 saturated heterocycles.